The number of furan rings is 1. The number of fused-ring (bicyclic) bond motifs is 1. The van der Waals surface area contributed by atoms with Crippen LogP contribution in [0.3, 0.4) is 0 Å². The Labute approximate surface area is 168 Å². The van der Waals surface area contributed by atoms with E-state index in [1.54, 1.807) is 33.8 Å². The summed E-state index contributed by atoms with van der Waals surface area (Å²) in [4.78, 5) is 13.2. The van der Waals surface area contributed by atoms with Gasteiger partial charge in [-0.15, -0.1) is 10.2 Å². The van der Waals surface area contributed by atoms with Crippen LogP contribution in [-0.4, -0.2) is 33.1 Å². The number of amides is 1. The van der Waals surface area contributed by atoms with Gasteiger partial charge in [-0.05, 0) is 42.7 Å². The van der Waals surface area contributed by atoms with Gasteiger partial charge in [0.05, 0.1) is 12.8 Å². The molecule has 146 valence electrons. The third-order valence-electron chi connectivity index (χ3n) is 4.88. The molecule has 4 rings (SSSR count). The Kier molecular flexibility index (Phi) is 5.81. The fourth-order valence-corrected chi connectivity index (χ4v) is 4.22. The van der Waals surface area contributed by atoms with Gasteiger partial charge in [0.25, 0.3) is 5.91 Å². The van der Waals surface area contributed by atoms with E-state index in [4.69, 9.17) is 4.42 Å². The van der Waals surface area contributed by atoms with Crippen molar-refractivity contribution in [2.75, 3.05) is 17.3 Å². The van der Waals surface area contributed by atoms with Crippen LogP contribution in [0.5, 0.6) is 0 Å². The van der Waals surface area contributed by atoms with Crippen molar-refractivity contribution in [1.29, 1.82) is 0 Å². The molecule has 0 N–H and O–H groups in total. The van der Waals surface area contributed by atoms with Gasteiger partial charge < -0.3 is 4.42 Å². The highest BCUT2D eigenvalue weighted by molar-refractivity contribution is 7.99. The Morgan fingerprint density at radius 2 is 2.00 bits per heavy atom. The highest BCUT2D eigenvalue weighted by Gasteiger charge is 2.29. The van der Waals surface area contributed by atoms with Crippen LogP contribution in [0.1, 0.15) is 48.5 Å². The van der Waals surface area contributed by atoms with E-state index in [9.17, 15) is 4.79 Å². The fraction of sp³-hybridized carbons (Fsp3) is 0.381. The van der Waals surface area contributed by atoms with E-state index in [1.807, 2.05) is 18.2 Å². The van der Waals surface area contributed by atoms with Gasteiger partial charge in [0.15, 0.2) is 5.76 Å². The molecule has 0 radical (unpaired) electrons. The third kappa shape index (κ3) is 3.85. The molecule has 1 amide bonds. The Morgan fingerprint density at radius 3 is 2.75 bits per heavy atom. The van der Waals surface area contributed by atoms with Crippen LogP contribution < -0.4 is 5.01 Å². The van der Waals surface area contributed by atoms with Crippen molar-refractivity contribution in [3.8, 4) is 11.6 Å². The Bertz CT molecular complexity index is 919. The van der Waals surface area contributed by atoms with Crippen LogP contribution in [0, 0.1) is 0 Å². The molecule has 1 aromatic carbocycles. The van der Waals surface area contributed by atoms with E-state index in [-0.39, 0.29) is 5.91 Å². The first-order chi connectivity index (χ1) is 13.8. The molecule has 0 bridgehead atoms. The lowest BCUT2D eigenvalue weighted by Gasteiger charge is -2.28. The van der Waals surface area contributed by atoms with Crippen LogP contribution >= 0.6 is 11.8 Å². The molecule has 0 atom stereocenters. The predicted molar refractivity (Wildman–Crippen MR) is 110 cm³/mol. The summed E-state index contributed by atoms with van der Waals surface area (Å²) >= 11 is 1.59. The number of carbonyl (C=O) groups is 1. The van der Waals surface area contributed by atoms with E-state index in [2.05, 4.69) is 29.3 Å². The molecule has 0 saturated carbocycles. The van der Waals surface area contributed by atoms with Crippen molar-refractivity contribution >= 4 is 17.7 Å². The van der Waals surface area contributed by atoms with E-state index < -0.39 is 0 Å². The summed E-state index contributed by atoms with van der Waals surface area (Å²) in [6, 6.07) is 11.6. The number of hydrogen-bond donors (Lipinski definition) is 0. The first-order valence-electron chi connectivity index (χ1n) is 9.81. The molecule has 1 aliphatic heterocycles. The van der Waals surface area contributed by atoms with Gasteiger partial charge in [-0.1, -0.05) is 50.1 Å². The number of nitrogens with zero attached hydrogens (tertiary/aromatic N) is 4. The summed E-state index contributed by atoms with van der Waals surface area (Å²) in [7, 11) is 0. The van der Waals surface area contributed by atoms with Crippen molar-refractivity contribution in [1.82, 2.24) is 14.9 Å². The zero-order valence-electron chi connectivity index (χ0n) is 16.0. The molecule has 3 heterocycles. The maximum Gasteiger partial charge on any atom is 0.272 e. The minimum Gasteiger partial charge on any atom is -0.461 e. The fourth-order valence-electron chi connectivity index (χ4n) is 3.37. The third-order valence-corrected chi connectivity index (χ3v) is 5.78. The van der Waals surface area contributed by atoms with Gasteiger partial charge in [-0.25, -0.2) is 9.69 Å². The molecular formula is C21H24N4O2S. The van der Waals surface area contributed by atoms with Crippen LogP contribution in [0.15, 0.2) is 52.2 Å². The number of hydrogen-bond acceptors (Lipinski definition) is 5. The molecule has 0 spiro atoms. The maximum atomic E-state index is 13.2. The number of benzene rings is 1. The Morgan fingerprint density at radius 1 is 1.14 bits per heavy atom. The Hall–Kier alpha value is -2.54. The average Bonchev–Trinajstić information content (AvgIpc) is 3.40. The lowest BCUT2D eigenvalue weighted by Crippen LogP contribution is -2.45. The van der Waals surface area contributed by atoms with Gasteiger partial charge >= 0.3 is 0 Å². The van der Waals surface area contributed by atoms with E-state index >= 15 is 0 Å². The predicted octanol–water partition coefficient (Wildman–Crippen LogP) is 4.55. The van der Waals surface area contributed by atoms with Crippen LogP contribution in [0.4, 0.5) is 0 Å². The molecule has 0 fully saturated rings. The summed E-state index contributed by atoms with van der Waals surface area (Å²) in [5, 5.41) is 10.9. The number of aromatic nitrogens is 3. The summed E-state index contributed by atoms with van der Waals surface area (Å²) in [6.45, 7) is 2.82. The van der Waals surface area contributed by atoms with Crippen molar-refractivity contribution in [2.24, 2.45) is 0 Å². The topological polar surface area (TPSA) is 64.2 Å². The molecule has 7 heteroatoms. The van der Waals surface area contributed by atoms with Crippen molar-refractivity contribution in [2.45, 2.75) is 44.2 Å². The van der Waals surface area contributed by atoms with Crippen LogP contribution in [-0.2, 0) is 6.42 Å². The highest BCUT2D eigenvalue weighted by Crippen LogP contribution is 2.28. The molecule has 2 aromatic heterocycles. The van der Waals surface area contributed by atoms with Crippen molar-refractivity contribution < 1.29 is 9.21 Å². The molecule has 6 nitrogen and oxygen atoms in total. The minimum atomic E-state index is -0.0494. The number of unbranched alkanes of at least 4 members (excludes halogenated alkanes) is 3. The highest BCUT2D eigenvalue weighted by atomic mass is 32.2. The largest absolute Gasteiger partial charge is 0.461 e. The summed E-state index contributed by atoms with van der Waals surface area (Å²) < 4.78 is 7.25. The second-order valence-corrected chi connectivity index (χ2v) is 7.94. The molecule has 28 heavy (non-hydrogen) atoms. The number of aryl methyl sites for hydroxylation is 1. The summed E-state index contributed by atoms with van der Waals surface area (Å²) in [5.74, 6) is 1.89. The molecule has 3 aromatic rings. The number of thioether (sulfide) groups is 1. The number of carbonyl (C=O) groups excluding carboxylic acids is 1. The zero-order valence-corrected chi connectivity index (χ0v) is 16.8. The van der Waals surface area contributed by atoms with E-state index in [0.29, 0.717) is 28.8 Å². The number of rotatable bonds is 7. The minimum absolute atomic E-state index is 0.0494. The average molecular weight is 397 g/mol. The first kappa shape index (κ1) is 18.8. The molecular weight excluding hydrogens is 372 g/mol. The smallest absolute Gasteiger partial charge is 0.272 e. The summed E-state index contributed by atoms with van der Waals surface area (Å²) in [5.41, 5.74) is 1.96. The quantitative estimate of drug-likeness (QED) is 0.549. The zero-order chi connectivity index (χ0) is 19.3. The van der Waals surface area contributed by atoms with Gasteiger partial charge in [0, 0.05) is 11.3 Å². The van der Waals surface area contributed by atoms with Crippen LogP contribution in [0.2, 0.25) is 0 Å². The maximum absolute atomic E-state index is 13.2. The van der Waals surface area contributed by atoms with E-state index in [0.717, 1.165) is 12.2 Å². The lowest BCUT2D eigenvalue weighted by molar-refractivity contribution is 0.0956. The molecule has 0 saturated heterocycles. The molecule has 0 unspecified atom stereocenters. The Balaban J connectivity index is 1.53. The lowest BCUT2D eigenvalue weighted by atomic mass is 10.0. The molecule has 0 aliphatic carbocycles. The van der Waals surface area contributed by atoms with Gasteiger partial charge in [-0.3, -0.25) is 4.79 Å². The second-order valence-electron chi connectivity index (χ2n) is 6.88. The van der Waals surface area contributed by atoms with Crippen LogP contribution in [0.25, 0.3) is 11.6 Å². The SMILES string of the molecule is CCCCCCc1ccc(C(=O)N2CCSc3nnc(-c4ccco4)n32)cc1. The standard InChI is InChI=1S/C21H24N4O2S/c1-2-3-4-5-7-16-9-11-17(12-10-16)20(26)24-13-15-28-21-23-22-19(25(21)24)18-8-6-14-27-18/h6,8-12,14H,2-5,7,13,15H2,1H3. The first-order valence-corrected chi connectivity index (χ1v) is 10.8. The molecule has 1 aliphatic rings. The van der Waals surface area contributed by atoms with Gasteiger partial charge in [0.2, 0.25) is 11.0 Å². The second kappa shape index (κ2) is 8.65. The van der Waals surface area contributed by atoms with Gasteiger partial charge in [0.1, 0.15) is 0 Å². The monoisotopic (exact) mass is 396 g/mol. The summed E-state index contributed by atoms with van der Waals surface area (Å²) in [6.07, 6.45) is 7.64. The van der Waals surface area contributed by atoms with E-state index in [1.165, 1.54) is 31.2 Å². The van der Waals surface area contributed by atoms with Crippen molar-refractivity contribution in [3.63, 3.8) is 0 Å². The van der Waals surface area contributed by atoms with Gasteiger partial charge in [-0.2, -0.15) is 0 Å². The normalized spacial score (nSPS) is 13.5. The van der Waals surface area contributed by atoms with Crippen molar-refractivity contribution in [3.05, 3.63) is 53.8 Å².